The van der Waals surface area contributed by atoms with Gasteiger partial charge in [0.25, 0.3) is 0 Å². The quantitative estimate of drug-likeness (QED) is 0.703. The van der Waals surface area contributed by atoms with Crippen molar-refractivity contribution in [2.75, 3.05) is 19.8 Å². The highest BCUT2D eigenvalue weighted by Crippen LogP contribution is 2.37. The van der Waals surface area contributed by atoms with Crippen LogP contribution < -0.4 is 5.32 Å². The van der Waals surface area contributed by atoms with Crippen molar-refractivity contribution in [1.29, 1.82) is 5.26 Å². The normalized spacial score (nSPS) is 21.5. The van der Waals surface area contributed by atoms with Gasteiger partial charge in [0.1, 0.15) is 5.41 Å². The molecule has 0 saturated heterocycles. The average Bonchev–Trinajstić information content (AvgIpc) is 3.08. The molecule has 4 heteroatoms. The van der Waals surface area contributed by atoms with Gasteiger partial charge in [-0.25, -0.2) is 0 Å². The van der Waals surface area contributed by atoms with E-state index in [0.717, 1.165) is 31.8 Å². The predicted molar refractivity (Wildman–Crippen MR) is 67.7 cm³/mol. The molecule has 0 aromatic rings. The second-order valence-corrected chi connectivity index (χ2v) is 5.53. The van der Waals surface area contributed by atoms with Crippen LogP contribution in [0.4, 0.5) is 0 Å². The summed E-state index contributed by atoms with van der Waals surface area (Å²) in [5.41, 5.74) is -0.741. The van der Waals surface area contributed by atoms with Crippen molar-refractivity contribution in [2.45, 2.75) is 44.9 Å². The molecule has 2 rings (SSSR count). The number of nitrogens with zero attached hydrogens (tertiary/aromatic N) is 1. The second kappa shape index (κ2) is 6.19. The molecule has 0 aromatic heterocycles. The molecule has 2 aliphatic rings. The maximum absolute atomic E-state index is 12.0. The van der Waals surface area contributed by atoms with E-state index in [1.54, 1.807) is 0 Å². The summed E-state index contributed by atoms with van der Waals surface area (Å²) in [4.78, 5) is 12.0. The highest BCUT2D eigenvalue weighted by Gasteiger charge is 2.41. The lowest BCUT2D eigenvalue weighted by Crippen LogP contribution is -2.38. The number of hydrogen-bond acceptors (Lipinski definition) is 3. The van der Waals surface area contributed by atoms with Crippen molar-refractivity contribution in [2.24, 2.45) is 11.3 Å². The molecule has 4 nitrogen and oxygen atoms in total. The smallest absolute Gasteiger partial charge is 0.240 e. The van der Waals surface area contributed by atoms with Crippen LogP contribution in [0.2, 0.25) is 0 Å². The minimum absolute atomic E-state index is 0.0790. The monoisotopic (exact) mass is 250 g/mol. The number of carbonyl (C=O) groups excluding carboxylic acids is 1. The highest BCUT2D eigenvalue weighted by atomic mass is 16.5. The zero-order chi connectivity index (χ0) is 12.8. The average molecular weight is 250 g/mol. The fraction of sp³-hybridized carbons (Fsp3) is 0.857. The van der Waals surface area contributed by atoms with Crippen molar-refractivity contribution in [1.82, 2.24) is 5.32 Å². The molecule has 100 valence electrons. The summed E-state index contributed by atoms with van der Waals surface area (Å²) in [6.07, 6.45) is 6.86. The van der Waals surface area contributed by atoms with E-state index in [-0.39, 0.29) is 5.91 Å². The third-order valence-corrected chi connectivity index (χ3v) is 3.91. The Kier molecular flexibility index (Phi) is 4.60. The van der Waals surface area contributed by atoms with Gasteiger partial charge in [0.15, 0.2) is 0 Å². The van der Waals surface area contributed by atoms with Crippen molar-refractivity contribution < 1.29 is 9.53 Å². The van der Waals surface area contributed by atoms with E-state index in [1.165, 1.54) is 12.8 Å². The van der Waals surface area contributed by atoms with Crippen LogP contribution in [0.15, 0.2) is 0 Å². The summed E-state index contributed by atoms with van der Waals surface area (Å²) in [5, 5.41) is 12.0. The maximum Gasteiger partial charge on any atom is 0.240 e. The Morgan fingerprint density at radius 3 is 2.72 bits per heavy atom. The summed E-state index contributed by atoms with van der Waals surface area (Å²) in [6, 6.07) is 2.21. The summed E-state index contributed by atoms with van der Waals surface area (Å²) in [6.45, 7) is 2.19. The van der Waals surface area contributed by atoms with Gasteiger partial charge in [-0.05, 0) is 38.0 Å². The van der Waals surface area contributed by atoms with Gasteiger partial charge >= 0.3 is 0 Å². The lowest BCUT2D eigenvalue weighted by molar-refractivity contribution is -0.128. The zero-order valence-electron chi connectivity index (χ0n) is 10.9. The van der Waals surface area contributed by atoms with E-state index >= 15 is 0 Å². The number of nitrogens with one attached hydrogen (secondary N) is 1. The Hall–Kier alpha value is -1.08. The Morgan fingerprint density at radius 1 is 1.39 bits per heavy atom. The van der Waals surface area contributed by atoms with E-state index in [2.05, 4.69) is 11.4 Å². The summed E-state index contributed by atoms with van der Waals surface area (Å²) in [5.74, 6) is 0.713. The standard InChI is InChI=1S/C14H22N2O2/c15-11-14(6-1-2-7-14)13(17)16-8-3-9-18-10-12-4-5-12/h12H,1-10H2,(H,16,17). The Balaban J connectivity index is 1.57. The Labute approximate surface area is 109 Å². The Morgan fingerprint density at radius 2 is 2.11 bits per heavy atom. The number of carbonyl (C=O) groups is 1. The summed E-state index contributed by atoms with van der Waals surface area (Å²) < 4.78 is 5.50. The van der Waals surface area contributed by atoms with Crippen molar-refractivity contribution in [3.63, 3.8) is 0 Å². The first-order chi connectivity index (χ1) is 8.77. The fourth-order valence-electron chi connectivity index (χ4n) is 2.45. The lowest BCUT2D eigenvalue weighted by atomic mass is 9.87. The summed E-state index contributed by atoms with van der Waals surface area (Å²) >= 11 is 0. The molecule has 2 fully saturated rings. The molecule has 0 bridgehead atoms. The third-order valence-electron chi connectivity index (χ3n) is 3.91. The van der Waals surface area contributed by atoms with Gasteiger partial charge in [-0.15, -0.1) is 0 Å². The third kappa shape index (κ3) is 3.46. The van der Waals surface area contributed by atoms with E-state index in [9.17, 15) is 4.79 Å². The first-order valence-electron chi connectivity index (χ1n) is 7.04. The van der Waals surface area contributed by atoms with Crippen LogP contribution in [0.25, 0.3) is 0 Å². The number of hydrogen-bond donors (Lipinski definition) is 1. The van der Waals surface area contributed by atoms with Gasteiger partial charge < -0.3 is 10.1 Å². The van der Waals surface area contributed by atoms with Crippen LogP contribution in [0.5, 0.6) is 0 Å². The molecule has 0 spiro atoms. The number of rotatable bonds is 7. The van der Waals surface area contributed by atoms with E-state index in [4.69, 9.17) is 10.00 Å². The topological polar surface area (TPSA) is 62.1 Å². The van der Waals surface area contributed by atoms with Crippen molar-refractivity contribution >= 4 is 5.91 Å². The van der Waals surface area contributed by atoms with Gasteiger partial charge in [-0.2, -0.15) is 5.26 Å². The minimum Gasteiger partial charge on any atom is -0.381 e. The molecule has 2 saturated carbocycles. The van der Waals surface area contributed by atoms with E-state index < -0.39 is 5.41 Å². The minimum atomic E-state index is -0.741. The molecule has 0 heterocycles. The van der Waals surface area contributed by atoms with Crippen LogP contribution in [0.3, 0.4) is 0 Å². The van der Waals surface area contributed by atoms with Crippen molar-refractivity contribution in [3.05, 3.63) is 0 Å². The van der Waals surface area contributed by atoms with Crippen LogP contribution in [0.1, 0.15) is 44.9 Å². The van der Waals surface area contributed by atoms with Crippen LogP contribution in [-0.4, -0.2) is 25.7 Å². The molecule has 1 N–H and O–H groups in total. The van der Waals surface area contributed by atoms with E-state index in [1.807, 2.05) is 0 Å². The molecule has 0 aliphatic heterocycles. The highest BCUT2D eigenvalue weighted by molar-refractivity contribution is 5.85. The number of ether oxygens (including phenoxy) is 1. The zero-order valence-corrected chi connectivity index (χ0v) is 10.9. The molecule has 0 atom stereocenters. The van der Waals surface area contributed by atoms with Gasteiger partial charge in [-0.3, -0.25) is 4.79 Å². The molecule has 2 aliphatic carbocycles. The lowest BCUT2D eigenvalue weighted by Gasteiger charge is -2.19. The van der Waals surface area contributed by atoms with Crippen LogP contribution in [0, 0.1) is 22.7 Å². The second-order valence-electron chi connectivity index (χ2n) is 5.53. The molecular weight excluding hydrogens is 228 g/mol. The molecule has 1 amide bonds. The van der Waals surface area contributed by atoms with Gasteiger partial charge in [0, 0.05) is 19.8 Å². The predicted octanol–water partition coefficient (Wildman–Crippen LogP) is 2.00. The van der Waals surface area contributed by atoms with Crippen molar-refractivity contribution in [3.8, 4) is 6.07 Å². The molecular formula is C14H22N2O2. The van der Waals surface area contributed by atoms with Crippen LogP contribution in [-0.2, 0) is 9.53 Å². The number of amides is 1. The van der Waals surface area contributed by atoms with Gasteiger partial charge in [-0.1, -0.05) is 12.8 Å². The molecule has 18 heavy (non-hydrogen) atoms. The summed E-state index contributed by atoms with van der Waals surface area (Å²) in [7, 11) is 0. The van der Waals surface area contributed by atoms with Crippen LogP contribution >= 0.6 is 0 Å². The first-order valence-corrected chi connectivity index (χ1v) is 7.04. The van der Waals surface area contributed by atoms with E-state index in [0.29, 0.717) is 26.0 Å². The Bertz CT molecular complexity index is 325. The maximum atomic E-state index is 12.0. The first kappa shape index (κ1) is 13.4. The number of nitriles is 1. The molecule has 0 unspecified atom stereocenters. The fourth-order valence-corrected chi connectivity index (χ4v) is 2.45. The van der Waals surface area contributed by atoms with Gasteiger partial charge in [0.2, 0.25) is 5.91 Å². The molecule has 0 aromatic carbocycles. The SMILES string of the molecule is N#CC1(C(=O)NCCCOCC2CC2)CCCC1. The largest absolute Gasteiger partial charge is 0.381 e. The van der Waals surface area contributed by atoms with Gasteiger partial charge in [0.05, 0.1) is 6.07 Å². The molecule has 0 radical (unpaired) electrons.